The van der Waals surface area contributed by atoms with E-state index in [1.165, 1.54) is 12.1 Å². The number of hydrogen-bond acceptors (Lipinski definition) is 3. The quantitative estimate of drug-likeness (QED) is 0.696. The van der Waals surface area contributed by atoms with Gasteiger partial charge < -0.3 is 16.2 Å². The van der Waals surface area contributed by atoms with Crippen LogP contribution < -0.4 is 11.1 Å². The van der Waals surface area contributed by atoms with Crippen LogP contribution in [-0.4, -0.2) is 17.0 Å². The highest BCUT2D eigenvalue weighted by molar-refractivity contribution is 6.01. The van der Waals surface area contributed by atoms with E-state index in [0.717, 1.165) is 0 Å². The smallest absolute Gasteiger partial charge is 0.337 e. The zero-order valence-electron chi connectivity index (χ0n) is 9.86. The molecule has 92 valence electrons. The first kappa shape index (κ1) is 13.0. The first-order chi connectivity index (χ1) is 7.90. The molecule has 4 N–H and O–H groups in total. The van der Waals surface area contributed by atoms with Gasteiger partial charge in [-0.1, -0.05) is 13.8 Å². The minimum Gasteiger partial charge on any atom is -0.478 e. The van der Waals surface area contributed by atoms with E-state index in [2.05, 4.69) is 5.32 Å². The predicted octanol–water partition coefficient (Wildman–Crippen LogP) is 1.95. The Morgan fingerprint density at radius 3 is 2.59 bits per heavy atom. The summed E-state index contributed by atoms with van der Waals surface area (Å²) in [5.74, 6) is -1.10. The van der Waals surface area contributed by atoms with Crippen molar-refractivity contribution in [2.75, 3.05) is 11.1 Å². The Bertz CT molecular complexity index is 441. The van der Waals surface area contributed by atoms with Crippen LogP contribution in [0.2, 0.25) is 0 Å². The summed E-state index contributed by atoms with van der Waals surface area (Å²) in [4.78, 5) is 22.5. The molecular formula is C12H16N2O3. The van der Waals surface area contributed by atoms with E-state index < -0.39 is 5.97 Å². The maximum absolute atomic E-state index is 11.5. The molecule has 5 nitrogen and oxygen atoms in total. The number of rotatable bonds is 4. The van der Waals surface area contributed by atoms with Crippen LogP contribution in [0.3, 0.4) is 0 Å². The van der Waals surface area contributed by atoms with Gasteiger partial charge in [0.1, 0.15) is 0 Å². The van der Waals surface area contributed by atoms with Crippen molar-refractivity contribution >= 4 is 23.3 Å². The van der Waals surface area contributed by atoms with Gasteiger partial charge in [0.15, 0.2) is 0 Å². The lowest BCUT2D eigenvalue weighted by Crippen LogP contribution is -2.16. The molecule has 0 saturated heterocycles. The third-order valence-electron chi connectivity index (χ3n) is 2.14. The van der Waals surface area contributed by atoms with Crippen molar-refractivity contribution in [3.8, 4) is 0 Å². The van der Waals surface area contributed by atoms with Crippen LogP contribution in [0.1, 0.15) is 30.6 Å². The second-order valence-corrected chi connectivity index (χ2v) is 4.26. The first-order valence-electron chi connectivity index (χ1n) is 5.33. The lowest BCUT2D eigenvalue weighted by atomic mass is 10.1. The average molecular weight is 236 g/mol. The van der Waals surface area contributed by atoms with E-state index in [0.29, 0.717) is 12.1 Å². The van der Waals surface area contributed by atoms with Crippen molar-refractivity contribution < 1.29 is 14.7 Å². The van der Waals surface area contributed by atoms with Crippen LogP contribution in [-0.2, 0) is 4.79 Å². The van der Waals surface area contributed by atoms with Crippen LogP contribution in [0.15, 0.2) is 18.2 Å². The van der Waals surface area contributed by atoms with Gasteiger partial charge in [0.25, 0.3) is 0 Å². The molecule has 0 spiro atoms. The molecule has 0 saturated carbocycles. The second-order valence-electron chi connectivity index (χ2n) is 4.26. The molecule has 1 aromatic carbocycles. The zero-order chi connectivity index (χ0) is 13.0. The number of hydrogen-bond donors (Lipinski definition) is 3. The van der Waals surface area contributed by atoms with Gasteiger partial charge >= 0.3 is 5.97 Å². The van der Waals surface area contributed by atoms with E-state index in [1.54, 1.807) is 6.07 Å². The Kier molecular flexibility index (Phi) is 4.09. The molecule has 0 unspecified atom stereocenters. The fourth-order valence-corrected chi connectivity index (χ4v) is 1.42. The Morgan fingerprint density at radius 2 is 2.06 bits per heavy atom. The van der Waals surface area contributed by atoms with Crippen molar-refractivity contribution in [3.05, 3.63) is 23.8 Å². The highest BCUT2D eigenvalue weighted by atomic mass is 16.4. The summed E-state index contributed by atoms with van der Waals surface area (Å²) < 4.78 is 0. The largest absolute Gasteiger partial charge is 0.478 e. The molecular weight excluding hydrogens is 220 g/mol. The van der Waals surface area contributed by atoms with Crippen molar-refractivity contribution in [1.82, 2.24) is 0 Å². The number of nitrogens with one attached hydrogen (secondary N) is 1. The number of carbonyl (C=O) groups excluding carboxylic acids is 1. The van der Waals surface area contributed by atoms with Crippen LogP contribution in [0, 0.1) is 5.92 Å². The Hall–Kier alpha value is -2.04. The molecule has 0 heterocycles. The summed E-state index contributed by atoms with van der Waals surface area (Å²) in [5, 5.41) is 11.6. The molecule has 0 bridgehead atoms. The molecule has 1 aromatic rings. The molecule has 0 fully saturated rings. The standard InChI is InChI=1S/C12H16N2O3/c1-7(2)5-11(15)14-10-4-3-8(13)6-9(10)12(16)17/h3-4,6-7H,5,13H2,1-2H3,(H,14,15)(H,16,17). The maximum Gasteiger partial charge on any atom is 0.337 e. The van der Waals surface area contributed by atoms with E-state index in [9.17, 15) is 9.59 Å². The van der Waals surface area contributed by atoms with Gasteiger partial charge in [-0.25, -0.2) is 4.79 Å². The monoisotopic (exact) mass is 236 g/mol. The summed E-state index contributed by atoms with van der Waals surface area (Å²) in [6.07, 6.45) is 0.351. The second kappa shape index (κ2) is 5.34. The number of carboxylic acids is 1. The minimum absolute atomic E-state index is 0.00195. The molecule has 0 radical (unpaired) electrons. The minimum atomic E-state index is -1.11. The maximum atomic E-state index is 11.5. The number of nitrogen functional groups attached to an aromatic ring is 1. The van der Waals surface area contributed by atoms with Crippen molar-refractivity contribution in [2.24, 2.45) is 5.92 Å². The number of anilines is 2. The number of aromatic carboxylic acids is 1. The fraction of sp³-hybridized carbons (Fsp3) is 0.333. The highest BCUT2D eigenvalue weighted by Gasteiger charge is 2.13. The van der Waals surface area contributed by atoms with Crippen LogP contribution in [0.5, 0.6) is 0 Å². The van der Waals surface area contributed by atoms with Crippen LogP contribution in [0.4, 0.5) is 11.4 Å². The third-order valence-corrected chi connectivity index (χ3v) is 2.14. The van der Waals surface area contributed by atoms with Gasteiger partial charge in [0.05, 0.1) is 11.3 Å². The molecule has 0 aliphatic carbocycles. The van der Waals surface area contributed by atoms with E-state index in [4.69, 9.17) is 10.8 Å². The molecule has 0 aliphatic rings. The molecule has 1 amide bonds. The Morgan fingerprint density at radius 1 is 1.41 bits per heavy atom. The van der Waals surface area contributed by atoms with Gasteiger partial charge in [-0.3, -0.25) is 4.79 Å². The van der Waals surface area contributed by atoms with Gasteiger partial charge in [0, 0.05) is 12.1 Å². The van der Waals surface area contributed by atoms with Gasteiger partial charge in [0.2, 0.25) is 5.91 Å². The average Bonchev–Trinajstić information content (AvgIpc) is 2.19. The fourth-order valence-electron chi connectivity index (χ4n) is 1.42. The van der Waals surface area contributed by atoms with E-state index in [1.807, 2.05) is 13.8 Å². The lowest BCUT2D eigenvalue weighted by molar-refractivity contribution is -0.116. The van der Waals surface area contributed by atoms with E-state index >= 15 is 0 Å². The predicted molar refractivity (Wildman–Crippen MR) is 65.9 cm³/mol. The summed E-state index contributed by atoms with van der Waals surface area (Å²) in [6, 6.07) is 4.38. The number of nitrogens with two attached hydrogens (primary N) is 1. The van der Waals surface area contributed by atoms with Crippen LogP contribution in [0.25, 0.3) is 0 Å². The summed E-state index contributed by atoms with van der Waals surface area (Å²) in [5.41, 5.74) is 6.13. The number of benzene rings is 1. The number of carbonyl (C=O) groups is 2. The van der Waals surface area contributed by atoms with Gasteiger partial charge in [-0.05, 0) is 24.1 Å². The van der Waals surface area contributed by atoms with Crippen molar-refractivity contribution in [3.63, 3.8) is 0 Å². The molecule has 1 rings (SSSR count). The Balaban J connectivity index is 2.91. The Labute approximate surface area is 99.6 Å². The first-order valence-corrected chi connectivity index (χ1v) is 5.33. The third kappa shape index (κ3) is 3.79. The lowest BCUT2D eigenvalue weighted by Gasteiger charge is -2.10. The number of amides is 1. The molecule has 17 heavy (non-hydrogen) atoms. The number of carboxylic acid groups (broad SMARTS) is 1. The summed E-state index contributed by atoms with van der Waals surface area (Å²) >= 11 is 0. The van der Waals surface area contributed by atoms with Gasteiger partial charge in [-0.15, -0.1) is 0 Å². The van der Waals surface area contributed by atoms with Gasteiger partial charge in [-0.2, -0.15) is 0 Å². The van der Waals surface area contributed by atoms with Crippen molar-refractivity contribution in [2.45, 2.75) is 20.3 Å². The van der Waals surface area contributed by atoms with E-state index in [-0.39, 0.29) is 23.1 Å². The SMILES string of the molecule is CC(C)CC(=O)Nc1ccc(N)cc1C(=O)O. The molecule has 5 heteroatoms. The summed E-state index contributed by atoms with van der Waals surface area (Å²) in [6.45, 7) is 3.83. The zero-order valence-corrected chi connectivity index (χ0v) is 9.86. The molecule has 0 aliphatic heterocycles. The molecule has 0 aromatic heterocycles. The van der Waals surface area contributed by atoms with Crippen LogP contribution >= 0.6 is 0 Å². The molecule has 0 atom stereocenters. The van der Waals surface area contributed by atoms with Crippen molar-refractivity contribution in [1.29, 1.82) is 0 Å². The normalized spacial score (nSPS) is 10.3. The summed E-state index contributed by atoms with van der Waals surface area (Å²) in [7, 11) is 0. The highest BCUT2D eigenvalue weighted by Crippen LogP contribution is 2.19. The topological polar surface area (TPSA) is 92.4 Å².